The number of benzene rings is 11. The van der Waals surface area contributed by atoms with Crippen molar-refractivity contribution in [2.24, 2.45) is 0 Å². The molecule has 11 aromatic carbocycles. The van der Waals surface area contributed by atoms with Crippen molar-refractivity contribution in [3.63, 3.8) is 0 Å². The number of hydrogen-bond donors (Lipinski definition) is 0. The molecule has 1 unspecified atom stereocenters. The van der Waals surface area contributed by atoms with Crippen LogP contribution in [0.15, 0.2) is 206 Å². The van der Waals surface area contributed by atoms with Crippen LogP contribution in [0.25, 0.3) is 65.3 Å². The molecule has 0 spiro atoms. The van der Waals surface area contributed by atoms with Gasteiger partial charge in [-0.2, -0.15) is 46.8 Å². The summed E-state index contributed by atoms with van der Waals surface area (Å²) in [5.74, 6) is -0.0743. The highest BCUT2D eigenvalue weighted by molar-refractivity contribution is 7.88. The number of hydrogen-bond acceptors (Lipinski definition) is 12. The number of alkyl halides is 3. The number of halogens is 3. The van der Waals surface area contributed by atoms with Crippen LogP contribution in [0.1, 0.15) is 44.5 Å². The van der Waals surface area contributed by atoms with E-state index in [-0.39, 0.29) is 17.2 Å². The standard InChI is InChI=1S/C64H43F3O12S4/c1-80(68,69)76-50-24-16-38-28-46(20-12-42(38)32-50)62(47-21-13-43-33-51(77-81(2,70)71)25-17-39(43)29-47)58-10-6-4-8-54(58)56-37-61-57(36-60(56)62)55-9-5-7-11-59(55)63(61,48-22-14-44-34-52(78-82(3,72)73)26-18-40(44)30-48)49-23-15-45-35-53(27-19-41(45)31-49)79-83(74,75)64(65,66)67/h4-37H,1-3H3. The topological polar surface area (TPSA) is 173 Å². The van der Waals surface area contributed by atoms with E-state index >= 15 is 0 Å². The Morgan fingerprint density at radius 2 is 0.566 bits per heavy atom. The lowest BCUT2D eigenvalue weighted by atomic mass is 9.65. The molecule has 19 heteroatoms. The van der Waals surface area contributed by atoms with E-state index in [4.69, 9.17) is 12.5 Å². The van der Waals surface area contributed by atoms with Crippen LogP contribution >= 0.6 is 0 Å². The first-order valence-corrected chi connectivity index (χ1v) is 32.4. The molecule has 13 rings (SSSR count). The Balaban J connectivity index is 1.09. The summed E-state index contributed by atoms with van der Waals surface area (Å²) in [4.78, 5) is 0. The van der Waals surface area contributed by atoms with Gasteiger partial charge in [-0.1, -0.05) is 121 Å². The normalized spacial score (nSPS) is 15.6. The van der Waals surface area contributed by atoms with Crippen LogP contribution < -0.4 is 16.7 Å². The van der Waals surface area contributed by atoms with E-state index in [0.29, 0.717) is 16.2 Å². The zero-order valence-electron chi connectivity index (χ0n) is 43.8. The molecular weight excluding hydrogens is 1150 g/mol. The largest absolute Gasteiger partial charge is 0.534 e. The van der Waals surface area contributed by atoms with Crippen LogP contribution in [0.4, 0.5) is 13.2 Å². The lowest BCUT2D eigenvalue weighted by Gasteiger charge is -2.36. The lowest BCUT2D eigenvalue weighted by Crippen LogP contribution is -2.30. The van der Waals surface area contributed by atoms with Crippen LogP contribution in [-0.2, 0) is 51.3 Å². The van der Waals surface area contributed by atoms with Gasteiger partial charge in [-0.05, 0) is 195 Å². The minimum atomic E-state index is -5.97. The average molecular weight is 1190 g/mol. The molecule has 0 radical (unpaired) electrons. The van der Waals surface area contributed by atoms with Crippen molar-refractivity contribution in [2.75, 3.05) is 18.8 Å². The quantitative estimate of drug-likeness (QED) is 0.0838. The maximum absolute atomic E-state index is 13.5. The van der Waals surface area contributed by atoms with Crippen LogP contribution in [0, 0.1) is 0 Å². The van der Waals surface area contributed by atoms with Gasteiger partial charge in [0.1, 0.15) is 23.0 Å². The van der Waals surface area contributed by atoms with Gasteiger partial charge in [0, 0.05) is 0 Å². The summed E-state index contributed by atoms with van der Waals surface area (Å²) in [6.07, 6.45) is 2.94. The molecule has 0 heterocycles. The molecule has 0 bridgehead atoms. The highest BCUT2D eigenvalue weighted by atomic mass is 32.2. The van der Waals surface area contributed by atoms with Crippen LogP contribution in [-0.4, -0.2) is 57.9 Å². The molecular formula is C64H43F3O12S4. The zero-order chi connectivity index (χ0) is 58.2. The van der Waals surface area contributed by atoms with Gasteiger partial charge < -0.3 is 16.7 Å². The Morgan fingerprint density at radius 1 is 0.301 bits per heavy atom. The molecule has 1 atom stereocenters. The second kappa shape index (κ2) is 18.6. The highest BCUT2D eigenvalue weighted by Gasteiger charge is 2.52. The summed E-state index contributed by atoms with van der Waals surface area (Å²) in [6.45, 7) is 0. The van der Waals surface area contributed by atoms with E-state index in [9.17, 15) is 46.8 Å². The van der Waals surface area contributed by atoms with E-state index < -0.39 is 62.6 Å². The third kappa shape index (κ3) is 9.09. The van der Waals surface area contributed by atoms with E-state index in [0.717, 1.165) is 112 Å². The molecule has 0 N–H and O–H groups in total. The molecule has 0 aromatic heterocycles. The first kappa shape index (κ1) is 53.6. The Bertz CT molecular complexity index is 4990. The maximum Gasteiger partial charge on any atom is 0.534 e. The molecule has 2 aliphatic rings. The molecule has 0 aliphatic heterocycles. The van der Waals surface area contributed by atoms with Crippen molar-refractivity contribution in [3.8, 4) is 45.3 Å². The van der Waals surface area contributed by atoms with E-state index in [1.54, 1.807) is 48.5 Å². The van der Waals surface area contributed by atoms with Gasteiger partial charge >= 0.3 is 46.0 Å². The molecule has 0 saturated heterocycles. The summed E-state index contributed by atoms with van der Waals surface area (Å²) >= 11 is 0. The van der Waals surface area contributed by atoms with E-state index in [1.165, 1.54) is 18.2 Å². The fraction of sp³-hybridized carbons (Fsp3) is 0.0938. The summed E-state index contributed by atoms with van der Waals surface area (Å²) in [6, 6.07) is 63.4. The third-order valence-corrected chi connectivity index (χ3v) is 17.9. The molecule has 0 saturated carbocycles. The summed E-state index contributed by atoms with van der Waals surface area (Å²) in [5.41, 5.74) is 2.65. The Hall–Kier alpha value is -8.75. The lowest BCUT2D eigenvalue weighted by molar-refractivity contribution is -0.0500. The monoisotopic (exact) mass is 1190 g/mol. The highest BCUT2D eigenvalue weighted by Crippen LogP contribution is 2.63. The Labute approximate surface area is 475 Å². The molecule has 2 aliphatic carbocycles. The molecule has 0 amide bonds. The van der Waals surface area contributed by atoms with Gasteiger partial charge in [-0.3, -0.25) is 0 Å². The minimum absolute atomic E-state index is 0.131. The first-order valence-electron chi connectivity index (χ1n) is 25.5. The summed E-state index contributed by atoms with van der Waals surface area (Å²) < 4.78 is 159. The maximum atomic E-state index is 13.5. The summed E-state index contributed by atoms with van der Waals surface area (Å²) in [7, 11) is -17.5. The van der Waals surface area contributed by atoms with Crippen molar-refractivity contribution in [1.82, 2.24) is 0 Å². The third-order valence-electron chi connectivity index (χ3n) is 15.4. The van der Waals surface area contributed by atoms with E-state index in [2.05, 4.69) is 52.7 Å². The predicted molar refractivity (Wildman–Crippen MR) is 313 cm³/mol. The Morgan fingerprint density at radius 3 is 0.855 bits per heavy atom. The van der Waals surface area contributed by atoms with Crippen LogP contribution in [0.3, 0.4) is 0 Å². The summed E-state index contributed by atoms with van der Waals surface area (Å²) in [5, 5.41) is 5.45. The molecule has 83 heavy (non-hydrogen) atoms. The zero-order valence-corrected chi connectivity index (χ0v) is 47.1. The van der Waals surface area contributed by atoms with Crippen LogP contribution in [0.2, 0.25) is 0 Å². The fourth-order valence-electron chi connectivity index (χ4n) is 12.4. The van der Waals surface area contributed by atoms with Crippen molar-refractivity contribution in [2.45, 2.75) is 16.3 Å². The van der Waals surface area contributed by atoms with Gasteiger partial charge in [-0.25, -0.2) is 0 Å². The molecule has 12 nitrogen and oxygen atoms in total. The fourth-order valence-corrected chi connectivity index (χ4v) is 14.2. The smallest absolute Gasteiger partial charge is 0.383 e. The SMILES string of the molecule is CS(=O)(=O)Oc1ccc2cc(C3(c4ccc5cc(OS(C)(=O)=O)ccc5c4)c4ccccc4-c4cc5c(cc43)-c3ccccc3C5(c3ccc4cc(OS(C)(=O)=O)ccc4c3)c3ccc4cc(OS(=O)(=O)C(F)(F)F)ccc4c3)ccc2c1. The van der Waals surface area contributed by atoms with Gasteiger partial charge in [0.05, 0.1) is 29.6 Å². The van der Waals surface area contributed by atoms with Crippen molar-refractivity contribution in [3.05, 3.63) is 251 Å². The molecule has 11 aromatic rings. The predicted octanol–water partition coefficient (Wildman–Crippen LogP) is 13.3. The first-order chi connectivity index (χ1) is 39.3. The second-order valence-corrected chi connectivity index (χ2v) is 27.0. The second-order valence-electron chi connectivity index (χ2n) is 20.8. The average Bonchev–Trinajstić information content (AvgIpc) is 1.63. The van der Waals surface area contributed by atoms with Gasteiger partial charge in [0.2, 0.25) is 0 Å². The van der Waals surface area contributed by atoms with Gasteiger partial charge in [0.15, 0.2) is 0 Å². The number of fused-ring (bicyclic) bond motifs is 10. The number of rotatable bonds is 12. The van der Waals surface area contributed by atoms with Crippen LogP contribution in [0.5, 0.6) is 23.0 Å². The molecule has 416 valence electrons. The molecule has 0 fully saturated rings. The Kier molecular flexibility index (Phi) is 12.0. The van der Waals surface area contributed by atoms with Gasteiger partial charge in [0.25, 0.3) is 0 Å². The van der Waals surface area contributed by atoms with Crippen molar-refractivity contribution < 1.29 is 63.6 Å². The minimum Gasteiger partial charge on any atom is -0.383 e. The van der Waals surface area contributed by atoms with E-state index in [1.807, 2.05) is 91.0 Å². The van der Waals surface area contributed by atoms with Gasteiger partial charge in [-0.15, -0.1) is 0 Å². The van der Waals surface area contributed by atoms with Crippen molar-refractivity contribution in [1.29, 1.82) is 0 Å². The van der Waals surface area contributed by atoms with Crippen molar-refractivity contribution >= 4 is 83.6 Å².